The molecule has 0 spiro atoms. The monoisotopic (exact) mass is 362 g/mol. The van der Waals surface area contributed by atoms with Gasteiger partial charge in [0.2, 0.25) is 0 Å². The van der Waals surface area contributed by atoms with E-state index in [2.05, 4.69) is 9.97 Å². The Morgan fingerprint density at radius 1 is 1.08 bits per heavy atom. The number of nitrogens with one attached hydrogen (secondary N) is 1. The number of para-hydroxylation sites is 3. The summed E-state index contributed by atoms with van der Waals surface area (Å²) in [5.41, 5.74) is 1.88. The average Bonchev–Trinajstić information content (AvgIpc) is 3.17. The summed E-state index contributed by atoms with van der Waals surface area (Å²) in [6.45, 7) is 0.401. The molecule has 5 nitrogen and oxygen atoms in total. The molecule has 5 rings (SSSR count). The van der Waals surface area contributed by atoms with E-state index in [9.17, 15) is 4.79 Å². The molecule has 2 aromatic heterocycles. The molecule has 0 bridgehead atoms. The highest BCUT2D eigenvalue weighted by Crippen LogP contribution is 2.37. The van der Waals surface area contributed by atoms with Crippen LogP contribution in [0.2, 0.25) is 0 Å². The van der Waals surface area contributed by atoms with E-state index in [4.69, 9.17) is 9.47 Å². The molecule has 4 aromatic rings. The number of H-pyrrole nitrogens is 1. The minimum Gasteiger partial charge on any atom is -0.485 e. The number of aromatic amines is 1. The van der Waals surface area contributed by atoms with Crippen LogP contribution < -0.4 is 15.0 Å². The Hall–Kier alpha value is -3.12. The lowest BCUT2D eigenvalue weighted by Crippen LogP contribution is -2.21. The molecule has 26 heavy (non-hydrogen) atoms. The highest BCUT2D eigenvalue weighted by Gasteiger charge is 2.25. The number of aromatic nitrogens is 2. The minimum atomic E-state index is -0.275. The van der Waals surface area contributed by atoms with Crippen LogP contribution >= 0.6 is 11.3 Å². The van der Waals surface area contributed by atoms with Gasteiger partial charge >= 0.3 is 0 Å². The average molecular weight is 362 g/mol. The lowest BCUT2D eigenvalue weighted by Gasteiger charge is -2.24. The van der Waals surface area contributed by atoms with Gasteiger partial charge in [-0.2, -0.15) is 0 Å². The number of fused-ring (bicyclic) bond motifs is 2. The summed E-state index contributed by atoms with van der Waals surface area (Å²) in [7, 11) is 0. The number of hydrogen-bond donors (Lipinski definition) is 1. The lowest BCUT2D eigenvalue weighted by molar-refractivity contribution is 0.0911. The summed E-state index contributed by atoms with van der Waals surface area (Å²) in [6.07, 6.45) is -0.275. The first-order chi connectivity index (χ1) is 12.8. The zero-order chi connectivity index (χ0) is 17.5. The van der Waals surface area contributed by atoms with Crippen LogP contribution in [0.15, 0.2) is 64.8 Å². The number of rotatable bonds is 2. The largest absolute Gasteiger partial charge is 0.485 e. The van der Waals surface area contributed by atoms with E-state index in [0.717, 1.165) is 21.7 Å². The smallest absolute Gasteiger partial charge is 0.257 e. The highest BCUT2D eigenvalue weighted by molar-refractivity contribution is 7.10. The third-order valence-corrected chi connectivity index (χ3v) is 5.27. The maximum Gasteiger partial charge on any atom is 0.257 e. The first kappa shape index (κ1) is 15.2. The summed E-state index contributed by atoms with van der Waals surface area (Å²) < 4.78 is 11.8. The van der Waals surface area contributed by atoms with Crippen molar-refractivity contribution in [1.29, 1.82) is 0 Å². The second-order valence-electron chi connectivity index (χ2n) is 6.03. The fraction of sp³-hybridized carbons (Fsp3) is 0.100. The van der Waals surface area contributed by atoms with Gasteiger partial charge in [0.1, 0.15) is 11.6 Å². The van der Waals surface area contributed by atoms with Crippen LogP contribution in [0.4, 0.5) is 0 Å². The van der Waals surface area contributed by atoms with Crippen molar-refractivity contribution in [2.75, 3.05) is 6.61 Å². The molecule has 1 N–H and O–H groups in total. The van der Waals surface area contributed by atoms with E-state index < -0.39 is 0 Å². The van der Waals surface area contributed by atoms with Gasteiger partial charge in [0.25, 0.3) is 5.56 Å². The van der Waals surface area contributed by atoms with Gasteiger partial charge in [0.05, 0.1) is 11.3 Å². The maximum absolute atomic E-state index is 12.4. The second-order valence-corrected chi connectivity index (χ2v) is 6.92. The standard InChI is InChI=1S/C20H14N2O3S/c23-19-13(9-12-5-1-2-6-14(12)21-19)15-11-26-20(22-15)18-10-24-16-7-3-4-8-17(16)25-18/h1-9,11,18H,10H2,(H,21,23). The van der Waals surface area contributed by atoms with Gasteiger partial charge in [0, 0.05) is 10.9 Å². The Morgan fingerprint density at radius 3 is 2.81 bits per heavy atom. The highest BCUT2D eigenvalue weighted by atomic mass is 32.1. The summed E-state index contributed by atoms with van der Waals surface area (Å²) in [5, 5.41) is 3.66. The van der Waals surface area contributed by atoms with Crippen molar-refractivity contribution in [2.45, 2.75) is 6.10 Å². The van der Waals surface area contributed by atoms with Crippen molar-refractivity contribution in [3.8, 4) is 22.8 Å². The summed E-state index contributed by atoms with van der Waals surface area (Å²) in [6, 6.07) is 17.2. The Morgan fingerprint density at radius 2 is 1.88 bits per heavy atom. The molecule has 2 aromatic carbocycles. The molecular formula is C20H14N2O3S. The fourth-order valence-electron chi connectivity index (χ4n) is 3.04. The van der Waals surface area contributed by atoms with Gasteiger partial charge in [-0.25, -0.2) is 4.98 Å². The molecule has 0 fully saturated rings. The lowest BCUT2D eigenvalue weighted by atomic mass is 10.1. The van der Waals surface area contributed by atoms with Crippen molar-refractivity contribution in [3.05, 3.63) is 75.3 Å². The summed E-state index contributed by atoms with van der Waals surface area (Å²) in [4.78, 5) is 20.0. The minimum absolute atomic E-state index is 0.147. The molecule has 6 heteroatoms. The van der Waals surface area contributed by atoms with Crippen LogP contribution in [-0.4, -0.2) is 16.6 Å². The molecule has 0 saturated carbocycles. The van der Waals surface area contributed by atoms with Crippen LogP contribution in [-0.2, 0) is 0 Å². The number of hydrogen-bond acceptors (Lipinski definition) is 5. The molecule has 0 aliphatic carbocycles. The number of ether oxygens (including phenoxy) is 2. The maximum atomic E-state index is 12.4. The normalized spacial score (nSPS) is 15.9. The SMILES string of the molecule is O=c1[nH]c2ccccc2cc1-c1csc(C2COc3ccccc3O2)n1. The van der Waals surface area contributed by atoms with E-state index >= 15 is 0 Å². The molecule has 1 aliphatic heterocycles. The van der Waals surface area contributed by atoms with Crippen LogP contribution in [0.3, 0.4) is 0 Å². The predicted molar refractivity (Wildman–Crippen MR) is 101 cm³/mol. The first-order valence-electron chi connectivity index (χ1n) is 8.24. The van der Waals surface area contributed by atoms with Crippen LogP contribution in [0.1, 0.15) is 11.1 Å². The Labute approximate surface area is 152 Å². The molecule has 0 saturated heterocycles. The van der Waals surface area contributed by atoms with Crippen LogP contribution in [0, 0.1) is 0 Å². The van der Waals surface area contributed by atoms with E-state index in [1.807, 2.05) is 60.0 Å². The van der Waals surface area contributed by atoms with Crippen molar-refractivity contribution < 1.29 is 9.47 Å². The van der Waals surface area contributed by atoms with E-state index in [1.54, 1.807) is 0 Å². The first-order valence-corrected chi connectivity index (χ1v) is 9.12. The van der Waals surface area contributed by atoms with Gasteiger partial charge in [0.15, 0.2) is 17.6 Å². The number of thiazole rings is 1. The number of benzene rings is 2. The summed E-state index contributed by atoms with van der Waals surface area (Å²) >= 11 is 1.47. The predicted octanol–water partition coefficient (Wildman–Crippen LogP) is 4.16. The van der Waals surface area contributed by atoms with Gasteiger partial charge in [-0.3, -0.25) is 4.79 Å². The van der Waals surface area contributed by atoms with Crippen molar-refractivity contribution in [2.24, 2.45) is 0 Å². The molecular weight excluding hydrogens is 348 g/mol. The van der Waals surface area contributed by atoms with E-state index in [-0.39, 0.29) is 11.7 Å². The Bertz CT molecular complexity index is 1160. The van der Waals surface area contributed by atoms with Crippen molar-refractivity contribution >= 4 is 22.2 Å². The van der Waals surface area contributed by atoms with Gasteiger partial charge in [-0.1, -0.05) is 30.3 Å². The molecule has 3 heterocycles. The Kier molecular flexibility index (Phi) is 3.50. The van der Waals surface area contributed by atoms with Gasteiger partial charge < -0.3 is 14.5 Å². The van der Waals surface area contributed by atoms with E-state index in [1.165, 1.54) is 11.3 Å². The molecule has 1 aliphatic rings. The van der Waals surface area contributed by atoms with Crippen LogP contribution in [0.25, 0.3) is 22.2 Å². The number of pyridine rings is 1. The summed E-state index contributed by atoms with van der Waals surface area (Å²) in [5.74, 6) is 1.45. The molecule has 1 unspecified atom stereocenters. The van der Waals surface area contributed by atoms with Crippen molar-refractivity contribution in [3.63, 3.8) is 0 Å². The Balaban J connectivity index is 1.50. The molecule has 128 valence electrons. The van der Waals surface area contributed by atoms with Crippen LogP contribution in [0.5, 0.6) is 11.5 Å². The third-order valence-electron chi connectivity index (χ3n) is 4.34. The topological polar surface area (TPSA) is 64.2 Å². The third kappa shape index (κ3) is 2.55. The number of nitrogens with zero attached hydrogens (tertiary/aromatic N) is 1. The molecule has 0 amide bonds. The van der Waals surface area contributed by atoms with Gasteiger partial charge in [-0.05, 0) is 29.7 Å². The zero-order valence-corrected chi connectivity index (χ0v) is 14.5. The van der Waals surface area contributed by atoms with Crippen molar-refractivity contribution in [1.82, 2.24) is 9.97 Å². The molecule has 0 radical (unpaired) electrons. The van der Waals surface area contributed by atoms with E-state index in [0.29, 0.717) is 23.6 Å². The van der Waals surface area contributed by atoms with Gasteiger partial charge in [-0.15, -0.1) is 11.3 Å². The zero-order valence-electron chi connectivity index (χ0n) is 13.6. The quantitative estimate of drug-likeness (QED) is 0.581. The second kappa shape index (κ2) is 6.00. The molecule has 1 atom stereocenters. The fourth-order valence-corrected chi connectivity index (χ4v) is 3.87.